The number of carbonyl (C=O) groups is 1. The zero-order chi connectivity index (χ0) is 31.9. The summed E-state index contributed by atoms with van der Waals surface area (Å²) in [5.74, 6) is -8.01. The van der Waals surface area contributed by atoms with Crippen molar-refractivity contribution in [2.75, 3.05) is 0 Å². The third-order valence-electron chi connectivity index (χ3n) is 3.08. The van der Waals surface area contributed by atoms with Crippen LogP contribution in [-0.2, 0) is 4.79 Å². The maximum Gasteiger partial charge on any atom is 0.430 e. The van der Waals surface area contributed by atoms with Crippen LogP contribution in [0.1, 0.15) is 65.3 Å². The van der Waals surface area contributed by atoms with Crippen LogP contribution in [0.4, 0.5) is 13.2 Å². The summed E-state index contributed by atoms with van der Waals surface area (Å²) in [5.41, 5.74) is -4.87. The Morgan fingerprint density at radius 3 is 2.88 bits per heavy atom. The van der Waals surface area contributed by atoms with E-state index in [1.165, 1.54) is 0 Å². The predicted octanol–water partition coefficient (Wildman–Crippen LogP) is 5.72. The molecular formula is C18H20ClF3O3. The highest BCUT2D eigenvalue weighted by Crippen LogP contribution is 2.46. The molecule has 1 heterocycles. The largest absolute Gasteiger partial charge is 0.478 e. The highest BCUT2D eigenvalue weighted by Gasteiger charge is 2.50. The molecule has 0 radical (unpaired) electrons. The van der Waals surface area contributed by atoms with Crippen molar-refractivity contribution in [3.8, 4) is 5.75 Å². The van der Waals surface area contributed by atoms with Crippen molar-refractivity contribution in [1.29, 1.82) is 0 Å². The molecule has 1 aliphatic rings. The second-order valence-corrected chi connectivity index (χ2v) is 5.09. The summed E-state index contributed by atoms with van der Waals surface area (Å²) >= 11 is 5.86. The van der Waals surface area contributed by atoms with Crippen molar-refractivity contribution in [2.45, 2.75) is 51.5 Å². The van der Waals surface area contributed by atoms with Crippen LogP contribution >= 0.6 is 11.6 Å². The molecule has 25 heavy (non-hydrogen) atoms. The Hall–Kier alpha value is -1.69. The Morgan fingerprint density at radius 2 is 2.28 bits per heavy atom. The van der Waals surface area contributed by atoms with Gasteiger partial charge in [0.05, 0.1) is 5.57 Å². The summed E-state index contributed by atoms with van der Waals surface area (Å²) in [6.45, 7) is -8.33. The lowest BCUT2D eigenvalue weighted by Gasteiger charge is -2.33. The smallest absolute Gasteiger partial charge is 0.430 e. The standard InChI is InChI=1S/C18H20ClF3O3/c1-3-4-5-6-10(2)14-12-9-11(19)7-8-13(12)25-16(18(20,21)22)15(14)17(23)24/h7-10,16H,3-6H2,1-2H3,(H,23,24)/i1D3,2D3,3D2,4D2,5D2,6D2,10D. The summed E-state index contributed by atoms with van der Waals surface area (Å²) in [6, 6.07) is 2.26. The number of ether oxygens (including phenoxy) is 1. The average molecular weight is 392 g/mol. The number of carboxylic acid groups (broad SMARTS) is 1. The monoisotopic (exact) mass is 391 g/mol. The molecule has 7 heteroatoms. The van der Waals surface area contributed by atoms with E-state index in [1.807, 2.05) is 0 Å². The van der Waals surface area contributed by atoms with Crippen molar-refractivity contribution in [3.63, 3.8) is 0 Å². The number of alkyl halides is 3. The molecule has 2 rings (SSSR count). The topological polar surface area (TPSA) is 46.5 Å². The fourth-order valence-electron chi connectivity index (χ4n) is 2.17. The average Bonchev–Trinajstić information content (AvgIpc) is 2.74. The number of benzene rings is 1. The maximum atomic E-state index is 14.0. The molecule has 1 aromatic carbocycles. The van der Waals surface area contributed by atoms with E-state index in [2.05, 4.69) is 0 Å². The number of hydrogen-bond donors (Lipinski definition) is 1. The molecule has 0 saturated heterocycles. The Kier molecular flexibility index (Phi) is 2.31. The Bertz CT molecular complexity index is 1220. The first-order valence-corrected chi connectivity index (χ1v) is 6.82. The zero-order valence-electron chi connectivity index (χ0n) is 27.1. The van der Waals surface area contributed by atoms with Crippen LogP contribution in [0.15, 0.2) is 23.8 Å². The lowest BCUT2D eigenvalue weighted by Crippen LogP contribution is -2.42. The summed E-state index contributed by atoms with van der Waals surface area (Å²) in [5, 5.41) is 9.37. The van der Waals surface area contributed by atoms with E-state index in [-0.39, 0.29) is 0 Å². The molecule has 0 aromatic heterocycles. The molecule has 0 amide bonds. The van der Waals surface area contributed by atoms with Gasteiger partial charge in [-0.15, -0.1) is 0 Å². The van der Waals surface area contributed by atoms with Crippen LogP contribution in [0.2, 0.25) is 5.02 Å². The quantitative estimate of drug-likeness (QED) is 0.674. The van der Waals surface area contributed by atoms with Crippen LogP contribution in [-0.4, -0.2) is 23.4 Å². The fourth-order valence-corrected chi connectivity index (χ4v) is 2.34. The molecule has 0 fully saturated rings. The lowest BCUT2D eigenvalue weighted by atomic mass is 9.82. The van der Waals surface area contributed by atoms with E-state index >= 15 is 0 Å². The van der Waals surface area contributed by atoms with Gasteiger partial charge in [-0.05, 0) is 36.0 Å². The number of hydrogen-bond acceptors (Lipinski definition) is 2. The Balaban J connectivity index is 3.21. The van der Waals surface area contributed by atoms with E-state index < -0.39 is 90.8 Å². The highest BCUT2D eigenvalue weighted by atomic mass is 35.5. The number of aliphatic carboxylic acids is 1. The second kappa shape index (κ2) is 7.68. The maximum absolute atomic E-state index is 14.0. The van der Waals surface area contributed by atoms with E-state index in [4.69, 9.17) is 36.9 Å². The van der Waals surface area contributed by atoms with Gasteiger partial charge < -0.3 is 9.84 Å². The molecule has 1 aliphatic heterocycles. The Labute approximate surface area is 170 Å². The van der Waals surface area contributed by atoms with Crippen LogP contribution in [0.25, 0.3) is 5.57 Å². The first-order valence-electron chi connectivity index (χ1n) is 13.9. The molecule has 3 nitrogen and oxygen atoms in total. The molecule has 0 aliphatic carbocycles. The zero-order valence-corrected chi connectivity index (χ0v) is 12.8. The number of fused-ring (bicyclic) bond motifs is 1. The minimum absolute atomic E-state index is 0.402. The lowest BCUT2D eigenvalue weighted by molar-refractivity contribution is -0.187. The fraction of sp³-hybridized carbons (Fsp3) is 0.500. The van der Waals surface area contributed by atoms with Gasteiger partial charge in [0.1, 0.15) is 5.75 Å². The molecule has 1 aromatic rings. The van der Waals surface area contributed by atoms with Gasteiger partial charge in [0, 0.05) is 31.1 Å². The molecule has 2 unspecified atom stereocenters. The number of halogens is 4. The normalized spacial score (nSPS) is 32.0. The molecule has 0 spiro atoms. The van der Waals surface area contributed by atoms with Gasteiger partial charge in [-0.3, -0.25) is 0 Å². The van der Waals surface area contributed by atoms with Crippen molar-refractivity contribution in [3.05, 3.63) is 34.4 Å². The van der Waals surface area contributed by atoms with Crippen molar-refractivity contribution >= 4 is 23.1 Å². The number of carboxylic acids is 1. The minimum Gasteiger partial charge on any atom is -0.478 e. The van der Waals surface area contributed by atoms with Gasteiger partial charge in [-0.25, -0.2) is 4.79 Å². The van der Waals surface area contributed by atoms with Crippen molar-refractivity contribution < 1.29 is 48.4 Å². The van der Waals surface area contributed by atoms with Gasteiger partial charge in [-0.2, -0.15) is 13.2 Å². The number of allylic oxidation sites excluding steroid dienone is 1. The van der Waals surface area contributed by atoms with Gasteiger partial charge in [0.2, 0.25) is 6.10 Å². The summed E-state index contributed by atoms with van der Waals surface area (Å²) < 4.78 is 166. The van der Waals surface area contributed by atoms with Gasteiger partial charge in [0.25, 0.3) is 0 Å². The van der Waals surface area contributed by atoms with E-state index in [1.54, 1.807) is 0 Å². The number of rotatable bonds is 6. The third-order valence-corrected chi connectivity index (χ3v) is 3.31. The molecule has 0 saturated carbocycles. The van der Waals surface area contributed by atoms with Gasteiger partial charge in [-0.1, -0.05) is 44.4 Å². The molecule has 2 atom stereocenters. The van der Waals surface area contributed by atoms with Crippen LogP contribution in [0.5, 0.6) is 5.75 Å². The van der Waals surface area contributed by atoms with Crippen LogP contribution in [0.3, 0.4) is 0 Å². The van der Waals surface area contributed by atoms with Crippen LogP contribution < -0.4 is 4.74 Å². The van der Waals surface area contributed by atoms with Crippen molar-refractivity contribution in [2.24, 2.45) is 5.89 Å². The minimum atomic E-state index is -5.63. The first-order chi connectivity index (χ1) is 17.4. The van der Waals surface area contributed by atoms with E-state index in [0.29, 0.717) is 12.1 Å². The summed E-state index contributed by atoms with van der Waals surface area (Å²) in [4.78, 5) is 12.2. The molecule has 0 bridgehead atoms. The SMILES string of the molecule is [2H]C([2H])([2H])C([2H])([2H])C([2H])([2H])C([2H])([2H])C([2H])([2H])C([2H])(C1=C(C(=O)O)C(C(F)(F)F)Oc2ccc(Cl)cc21)C([2H])([2H])[2H]. The molecular weight excluding hydrogens is 357 g/mol. The predicted molar refractivity (Wildman–Crippen MR) is 89.8 cm³/mol. The van der Waals surface area contributed by atoms with Crippen LogP contribution in [0, 0.1) is 5.89 Å². The summed E-state index contributed by atoms with van der Waals surface area (Å²) in [7, 11) is 0. The van der Waals surface area contributed by atoms with E-state index in [0.717, 1.165) is 6.07 Å². The van der Waals surface area contributed by atoms with Gasteiger partial charge in [0.15, 0.2) is 0 Å². The highest BCUT2D eigenvalue weighted by molar-refractivity contribution is 6.30. The first kappa shape index (κ1) is 7.51. The third kappa shape index (κ3) is 4.29. The second-order valence-electron chi connectivity index (χ2n) is 4.65. The Morgan fingerprint density at radius 1 is 1.52 bits per heavy atom. The van der Waals surface area contributed by atoms with E-state index in [9.17, 15) is 23.1 Å². The molecule has 138 valence electrons. The summed E-state index contributed by atoms with van der Waals surface area (Å²) in [6.07, 6.45) is -27.3. The van der Waals surface area contributed by atoms with Crippen molar-refractivity contribution in [1.82, 2.24) is 0 Å². The van der Waals surface area contributed by atoms with Gasteiger partial charge >= 0.3 is 12.1 Å². The molecule has 1 N–H and O–H groups in total.